The SMILES string of the molecule is CC(Cl)Oc1c(Cl)cc(C(C)(C)c2cc(Cl)c(OC(C)Cl)c(Cl)c2)cc1Cl. The Morgan fingerprint density at radius 2 is 0.926 bits per heavy atom. The smallest absolute Gasteiger partial charge is 0.169 e. The zero-order valence-electron chi connectivity index (χ0n) is 15.0. The van der Waals surface area contributed by atoms with Crippen LogP contribution in [-0.4, -0.2) is 11.1 Å². The Labute approximate surface area is 189 Å². The number of ether oxygens (including phenoxy) is 2. The quantitative estimate of drug-likeness (QED) is 0.377. The van der Waals surface area contributed by atoms with E-state index in [1.807, 2.05) is 13.8 Å². The third kappa shape index (κ3) is 5.44. The van der Waals surface area contributed by atoms with Crippen LogP contribution in [0.2, 0.25) is 20.1 Å². The first-order valence-corrected chi connectivity index (χ1v) is 10.4. The highest BCUT2D eigenvalue weighted by Gasteiger charge is 2.28. The van der Waals surface area contributed by atoms with Gasteiger partial charge in [0.25, 0.3) is 0 Å². The summed E-state index contributed by atoms with van der Waals surface area (Å²) in [5, 5.41) is 1.47. The van der Waals surface area contributed by atoms with Crippen molar-refractivity contribution in [1.82, 2.24) is 0 Å². The van der Waals surface area contributed by atoms with Gasteiger partial charge in [0.2, 0.25) is 0 Å². The Balaban J connectivity index is 2.50. The monoisotopic (exact) mass is 488 g/mol. The van der Waals surface area contributed by atoms with Crippen LogP contribution in [0.5, 0.6) is 11.5 Å². The molecule has 0 saturated carbocycles. The maximum atomic E-state index is 6.36. The average Bonchev–Trinajstić information content (AvgIpc) is 2.53. The predicted octanol–water partition coefficient (Wildman–Crippen LogP) is 8.55. The summed E-state index contributed by atoms with van der Waals surface area (Å²) in [5.74, 6) is 0.688. The summed E-state index contributed by atoms with van der Waals surface area (Å²) in [6, 6.07) is 7.15. The zero-order valence-corrected chi connectivity index (χ0v) is 19.6. The van der Waals surface area contributed by atoms with Crippen molar-refractivity contribution in [2.75, 3.05) is 0 Å². The summed E-state index contributed by atoms with van der Waals surface area (Å²) in [4.78, 5) is 0. The van der Waals surface area contributed by atoms with Crippen molar-refractivity contribution in [3.63, 3.8) is 0 Å². The Morgan fingerprint density at radius 3 is 1.15 bits per heavy atom. The van der Waals surface area contributed by atoms with Crippen LogP contribution in [0.3, 0.4) is 0 Å². The van der Waals surface area contributed by atoms with Crippen LogP contribution in [0.1, 0.15) is 38.8 Å². The van der Waals surface area contributed by atoms with Gasteiger partial charge in [-0.05, 0) is 49.2 Å². The second-order valence-electron chi connectivity index (χ2n) is 6.48. The van der Waals surface area contributed by atoms with E-state index in [9.17, 15) is 0 Å². The Bertz CT molecular complexity index is 719. The van der Waals surface area contributed by atoms with E-state index in [0.717, 1.165) is 11.1 Å². The van der Waals surface area contributed by atoms with Crippen LogP contribution in [0, 0.1) is 0 Å². The molecule has 0 N–H and O–H groups in total. The average molecular weight is 491 g/mol. The van der Waals surface area contributed by atoms with Gasteiger partial charge in [0.15, 0.2) is 22.6 Å². The molecule has 0 amide bonds. The second-order valence-corrected chi connectivity index (χ2v) is 9.34. The molecule has 8 heteroatoms. The van der Waals surface area contributed by atoms with Crippen molar-refractivity contribution >= 4 is 69.6 Å². The lowest BCUT2D eigenvalue weighted by molar-refractivity contribution is 0.301. The molecule has 2 aromatic rings. The number of hydrogen-bond acceptors (Lipinski definition) is 2. The van der Waals surface area contributed by atoms with Gasteiger partial charge in [-0.3, -0.25) is 0 Å². The summed E-state index contributed by atoms with van der Waals surface area (Å²) in [5.41, 5.74) is 0.0930. The highest BCUT2D eigenvalue weighted by atomic mass is 35.5. The summed E-state index contributed by atoms with van der Waals surface area (Å²) < 4.78 is 10.9. The van der Waals surface area contributed by atoms with Gasteiger partial charge in [-0.15, -0.1) is 0 Å². The van der Waals surface area contributed by atoms with Crippen LogP contribution in [-0.2, 0) is 5.41 Å². The normalized spacial score (nSPS) is 14.0. The zero-order chi connectivity index (χ0) is 20.5. The topological polar surface area (TPSA) is 18.5 Å². The van der Waals surface area contributed by atoms with Gasteiger partial charge >= 0.3 is 0 Å². The molecule has 2 atom stereocenters. The molecule has 27 heavy (non-hydrogen) atoms. The van der Waals surface area contributed by atoms with E-state index >= 15 is 0 Å². The molecule has 148 valence electrons. The van der Waals surface area contributed by atoms with Gasteiger partial charge in [0.1, 0.15) is 0 Å². The van der Waals surface area contributed by atoms with E-state index in [-0.39, 0.29) is 0 Å². The van der Waals surface area contributed by atoms with Gasteiger partial charge in [0, 0.05) is 5.41 Å². The lowest BCUT2D eigenvalue weighted by atomic mass is 9.78. The lowest BCUT2D eigenvalue weighted by Crippen LogP contribution is -2.19. The third-order valence-electron chi connectivity index (χ3n) is 4.00. The molecular formula is C19H18Cl6O2. The molecule has 2 aromatic carbocycles. The summed E-state index contributed by atoms with van der Waals surface area (Å²) in [6.45, 7) is 7.38. The molecule has 0 heterocycles. The molecule has 0 bridgehead atoms. The molecule has 0 radical (unpaired) electrons. The van der Waals surface area contributed by atoms with Crippen molar-refractivity contribution in [1.29, 1.82) is 0 Å². The molecule has 0 aromatic heterocycles. The first-order chi connectivity index (χ1) is 12.4. The molecule has 0 aliphatic carbocycles. The molecule has 0 spiro atoms. The van der Waals surface area contributed by atoms with E-state index in [2.05, 4.69) is 0 Å². The predicted molar refractivity (Wildman–Crippen MR) is 117 cm³/mol. The standard InChI is InChI=1S/C19H18Cl6O2/c1-9(20)26-17-13(22)5-11(6-14(17)23)19(3,4)12-7-15(24)18(16(25)8-12)27-10(2)21/h5-10H,1-4H3. The van der Waals surface area contributed by atoms with Crippen molar-refractivity contribution in [2.24, 2.45) is 0 Å². The van der Waals surface area contributed by atoms with Crippen molar-refractivity contribution in [3.05, 3.63) is 55.5 Å². The number of halogens is 6. The van der Waals surface area contributed by atoms with Gasteiger partial charge in [-0.2, -0.15) is 0 Å². The van der Waals surface area contributed by atoms with E-state index in [4.69, 9.17) is 79.1 Å². The number of alkyl halides is 2. The molecular weight excluding hydrogens is 473 g/mol. The minimum atomic E-state index is -0.562. The van der Waals surface area contributed by atoms with Crippen molar-refractivity contribution < 1.29 is 9.47 Å². The fourth-order valence-electron chi connectivity index (χ4n) is 2.56. The van der Waals surface area contributed by atoms with E-state index < -0.39 is 16.5 Å². The number of rotatable bonds is 6. The van der Waals surface area contributed by atoms with Gasteiger partial charge in [0.05, 0.1) is 20.1 Å². The van der Waals surface area contributed by atoms with Crippen LogP contribution in [0.15, 0.2) is 24.3 Å². The Kier molecular flexibility index (Phi) is 7.75. The largest absolute Gasteiger partial charge is 0.472 e. The van der Waals surface area contributed by atoms with Crippen molar-refractivity contribution in [3.8, 4) is 11.5 Å². The molecule has 2 rings (SSSR count). The first kappa shape index (κ1) is 23.1. The van der Waals surface area contributed by atoms with E-state index in [1.54, 1.807) is 38.1 Å². The van der Waals surface area contributed by atoms with Crippen LogP contribution in [0.25, 0.3) is 0 Å². The van der Waals surface area contributed by atoms with Gasteiger partial charge < -0.3 is 9.47 Å². The molecule has 2 nitrogen and oxygen atoms in total. The molecule has 0 fully saturated rings. The Morgan fingerprint density at radius 1 is 0.667 bits per heavy atom. The fraction of sp³-hybridized carbons (Fsp3) is 0.368. The highest BCUT2D eigenvalue weighted by Crippen LogP contribution is 2.44. The molecule has 0 aliphatic rings. The fourth-order valence-corrected chi connectivity index (χ4v) is 3.89. The van der Waals surface area contributed by atoms with Crippen LogP contribution >= 0.6 is 69.6 Å². The van der Waals surface area contributed by atoms with Crippen LogP contribution < -0.4 is 9.47 Å². The molecule has 2 unspecified atom stereocenters. The summed E-state index contributed by atoms with van der Waals surface area (Å²) in [7, 11) is 0. The maximum Gasteiger partial charge on any atom is 0.169 e. The summed E-state index contributed by atoms with van der Waals surface area (Å²) in [6.07, 6.45) is 0. The van der Waals surface area contributed by atoms with E-state index in [1.165, 1.54) is 0 Å². The van der Waals surface area contributed by atoms with Crippen LogP contribution in [0.4, 0.5) is 0 Å². The highest BCUT2D eigenvalue weighted by molar-refractivity contribution is 6.38. The molecule has 0 aliphatic heterocycles. The second kappa shape index (κ2) is 9.07. The Hall–Kier alpha value is -0.220. The number of benzene rings is 2. The maximum absolute atomic E-state index is 6.36. The minimum absolute atomic E-state index is 0.344. The molecule has 0 saturated heterocycles. The lowest BCUT2D eigenvalue weighted by Gasteiger charge is -2.28. The van der Waals surface area contributed by atoms with Gasteiger partial charge in [-0.1, -0.05) is 83.5 Å². The summed E-state index contributed by atoms with van der Waals surface area (Å²) >= 11 is 37.2. The van der Waals surface area contributed by atoms with E-state index in [0.29, 0.717) is 31.6 Å². The first-order valence-electron chi connectivity index (χ1n) is 8.04. The van der Waals surface area contributed by atoms with Crippen molar-refractivity contribution in [2.45, 2.75) is 44.2 Å². The number of hydrogen-bond donors (Lipinski definition) is 0. The third-order valence-corrected chi connectivity index (χ3v) is 5.30. The van der Waals surface area contributed by atoms with Gasteiger partial charge in [-0.25, -0.2) is 0 Å². The minimum Gasteiger partial charge on any atom is -0.472 e.